The van der Waals surface area contributed by atoms with Crippen molar-refractivity contribution in [2.24, 2.45) is 10.8 Å². The van der Waals surface area contributed by atoms with Gasteiger partial charge in [0.25, 0.3) is 0 Å². The molecule has 1 atom stereocenters. The molecule has 0 radical (unpaired) electrons. The highest BCUT2D eigenvalue weighted by Crippen LogP contribution is 2.52. The predicted octanol–water partition coefficient (Wildman–Crippen LogP) is 2.92. The zero-order valence-electron chi connectivity index (χ0n) is 10.1. The average molecular weight is 208 g/mol. The van der Waals surface area contributed by atoms with Crippen LogP contribution < -0.4 is 0 Å². The van der Waals surface area contributed by atoms with E-state index in [4.69, 9.17) is 0 Å². The lowest BCUT2D eigenvalue weighted by atomic mass is 9.66. The molecule has 15 heavy (non-hydrogen) atoms. The van der Waals surface area contributed by atoms with Crippen molar-refractivity contribution >= 4 is 11.6 Å². The summed E-state index contributed by atoms with van der Waals surface area (Å²) < 4.78 is 0. The van der Waals surface area contributed by atoms with Crippen LogP contribution in [-0.4, -0.2) is 11.6 Å². The van der Waals surface area contributed by atoms with Crippen molar-refractivity contribution in [1.29, 1.82) is 0 Å². The van der Waals surface area contributed by atoms with Crippen LogP contribution in [0, 0.1) is 10.8 Å². The van der Waals surface area contributed by atoms with Gasteiger partial charge in [0.2, 0.25) is 0 Å². The quantitative estimate of drug-likeness (QED) is 0.668. The van der Waals surface area contributed by atoms with Crippen LogP contribution in [0.4, 0.5) is 0 Å². The summed E-state index contributed by atoms with van der Waals surface area (Å²) in [6.45, 7) is 7.76. The molecular weight excluding hydrogens is 188 g/mol. The third kappa shape index (κ3) is 2.19. The first kappa shape index (κ1) is 12.2. The van der Waals surface area contributed by atoms with E-state index in [0.717, 1.165) is 19.3 Å². The molecule has 1 saturated carbocycles. The fraction of sp³-hybridized carbons (Fsp3) is 0.692. The van der Waals surface area contributed by atoms with Crippen LogP contribution in [0.2, 0.25) is 0 Å². The molecule has 1 aliphatic carbocycles. The summed E-state index contributed by atoms with van der Waals surface area (Å²) >= 11 is 0. The van der Waals surface area contributed by atoms with Gasteiger partial charge >= 0.3 is 0 Å². The molecule has 0 bridgehead atoms. The van der Waals surface area contributed by atoms with Crippen LogP contribution in [0.15, 0.2) is 12.2 Å². The first-order valence-corrected chi connectivity index (χ1v) is 5.53. The molecule has 84 valence electrons. The number of carbonyl (C=O) groups excluding carboxylic acids is 2. The maximum atomic E-state index is 12.0. The van der Waals surface area contributed by atoms with E-state index in [1.165, 1.54) is 19.1 Å². The number of hydrogen-bond acceptors (Lipinski definition) is 2. The normalized spacial score (nSPS) is 29.6. The minimum atomic E-state index is -0.293. The second kappa shape index (κ2) is 3.92. The van der Waals surface area contributed by atoms with Gasteiger partial charge in [-0.1, -0.05) is 27.2 Å². The zero-order valence-corrected chi connectivity index (χ0v) is 10.1. The molecule has 0 aromatic rings. The van der Waals surface area contributed by atoms with E-state index < -0.39 is 0 Å². The van der Waals surface area contributed by atoms with Crippen LogP contribution in [0.1, 0.15) is 47.0 Å². The molecule has 1 unspecified atom stereocenters. The molecule has 1 fully saturated rings. The first-order valence-electron chi connectivity index (χ1n) is 5.53. The summed E-state index contributed by atoms with van der Waals surface area (Å²) in [5.74, 6) is 0.0305. The Bertz CT molecular complexity index is 312. The van der Waals surface area contributed by atoms with Gasteiger partial charge in [0.1, 0.15) is 0 Å². The van der Waals surface area contributed by atoms with Crippen molar-refractivity contribution in [3.8, 4) is 0 Å². The molecule has 1 rings (SSSR count). The van der Waals surface area contributed by atoms with E-state index in [9.17, 15) is 9.59 Å². The lowest BCUT2D eigenvalue weighted by molar-refractivity contribution is -0.127. The molecule has 0 aliphatic heterocycles. The third-order valence-corrected chi connectivity index (χ3v) is 3.99. The van der Waals surface area contributed by atoms with Gasteiger partial charge < -0.3 is 0 Å². The van der Waals surface area contributed by atoms with Gasteiger partial charge in [-0.3, -0.25) is 9.59 Å². The molecule has 2 nitrogen and oxygen atoms in total. The monoisotopic (exact) mass is 208 g/mol. The standard InChI is InChI=1S/C13H20O2/c1-10(14)6-7-11(15)13(4)9-5-8-12(13,2)3/h6-7H,5,8-9H2,1-4H3. The van der Waals surface area contributed by atoms with Gasteiger partial charge in [0, 0.05) is 5.41 Å². The summed E-state index contributed by atoms with van der Waals surface area (Å²) in [7, 11) is 0. The molecule has 0 heterocycles. The molecule has 0 saturated heterocycles. The Hall–Kier alpha value is -0.920. The van der Waals surface area contributed by atoms with Gasteiger partial charge in [0.05, 0.1) is 0 Å². The van der Waals surface area contributed by atoms with Crippen LogP contribution in [0.25, 0.3) is 0 Å². The van der Waals surface area contributed by atoms with Crippen molar-refractivity contribution in [2.75, 3.05) is 0 Å². The number of rotatable bonds is 3. The minimum Gasteiger partial charge on any atom is -0.295 e. The molecule has 2 heteroatoms. The fourth-order valence-electron chi connectivity index (χ4n) is 2.33. The Balaban J connectivity index is 2.87. The topological polar surface area (TPSA) is 34.1 Å². The molecule has 0 aromatic heterocycles. The van der Waals surface area contributed by atoms with Gasteiger partial charge in [-0.25, -0.2) is 0 Å². The summed E-state index contributed by atoms with van der Waals surface area (Å²) in [5.41, 5.74) is -0.246. The Morgan fingerprint density at radius 1 is 1.07 bits per heavy atom. The highest BCUT2D eigenvalue weighted by Gasteiger charge is 2.48. The van der Waals surface area contributed by atoms with E-state index >= 15 is 0 Å². The summed E-state index contributed by atoms with van der Waals surface area (Å²) in [4.78, 5) is 22.8. The fourth-order valence-corrected chi connectivity index (χ4v) is 2.33. The average Bonchev–Trinajstić information content (AvgIpc) is 2.38. The highest BCUT2D eigenvalue weighted by molar-refractivity contribution is 6.00. The van der Waals surface area contributed by atoms with Crippen molar-refractivity contribution in [1.82, 2.24) is 0 Å². The Morgan fingerprint density at radius 2 is 1.67 bits per heavy atom. The molecule has 0 N–H and O–H groups in total. The Labute approximate surface area is 91.7 Å². The maximum Gasteiger partial charge on any atom is 0.162 e. The smallest absolute Gasteiger partial charge is 0.162 e. The molecule has 0 spiro atoms. The van der Waals surface area contributed by atoms with Crippen molar-refractivity contribution in [3.63, 3.8) is 0 Å². The van der Waals surface area contributed by atoms with E-state index in [1.807, 2.05) is 6.92 Å². The third-order valence-electron chi connectivity index (χ3n) is 3.99. The minimum absolute atomic E-state index is 0.0468. The summed E-state index contributed by atoms with van der Waals surface area (Å²) in [6.07, 6.45) is 5.95. The van der Waals surface area contributed by atoms with E-state index in [1.54, 1.807) is 0 Å². The number of hydrogen-bond donors (Lipinski definition) is 0. The van der Waals surface area contributed by atoms with Crippen molar-refractivity contribution < 1.29 is 9.59 Å². The highest BCUT2D eigenvalue weighted by atomic mass is 16.1. The number of allylic oxidation sites excluding steroid dienone is 2. The van der Waals surface area contributed by atoms with Gasteiger partial charge in [0.15, 0.2) is 11.6 Å². The lowest BCUT2D eigenvalue weighted by Crippen LogP contribution is -2.36. The number of ketones is 2. The summed E-state index contributed by atoms with van der Waals surface area (Å²) in [5, 5.41) is 0. The predicted molar refractivity (Wildman–Crippen MR) is 60.6 cm³/mol. The van der Waals surface area contributed by atoms with Gasteiger partial charge in [-0.15, -0.1) is 0 Å². The second-order valence-corrected chi connectivity index (χ2v) is 5.38. The first-order chi connectivity index (χ1) is 6.79. The van der Waals surface area contributed by atoms with Crippen LogP contribution in [0.5, 0.6) is 0 Å². The molecule has 1 aliphatic rings. The zero-order chi connectivity index (χ0) is 11.7. The van der Waals surface area contributed by atoms with Gasteiger partial charge in [-0.2, -0.15) is 0 Å². The molecule has 0 amide bonds. The summed E-state index contributed by atoms with van der Waals surface area (Å²) in [6, 6.07) is 0. The number of carbonyl (C=O) groups is 2. The van der Waals surface area contributed by atoms with Crippen LogP contribution >= 0.6 is 0 Å². The van der Waals surface area contributed by atoms with Crippen LogP contribution in [0.3, 0.4) is 0 Å². The van der Waals surface area contributed by atoms with Gasteiger partial charge in [-0.05, 0) is 37.3 Å². The van der Waals surface area contributed by atoms with E-state index in [0.29, 0.717) is 0 Å². The van der Waals surface area contributed by atoms with E-state index in [-0.39, 0.29) is 22.4 Å². The molecular formula is C13H20O2. The maximum absolute atomic E-state index is 12.0. The van der Waals surface area contributed by atoms with E-state index in [2.05, 4.69) is 13.8 Å². The lowest BCUT2D eigenvalue weighted by Gasteiger charge is -2.36. The largest absolute Gasteiger partial charge is 0.295 e. The Kier molecular flexibility index (Phi) is 3.17. The van der Waals surface area contributed by atoms with Crippen molar-refractivity contribution in [3.05, 3.63) is 12.2 Å². The molecule has 0 aromatic carbocycles. The van der Waals surface area contributed by atoms with Crippen molar-refractivity contribution in [2.45, 2.75) is 47.0 Å². The Morgan fingerprint density at radius 3 is 2.07 bits per heavy atom. The van der Waals surface area contributed by atoms with Crippen LogP contribution in [-0.2, 0) is 9.59 Å². The SMILES string of the molecule is CC(=O)C=CC(=O)C1(C)CCCC1(C)C. The second-order valence-electron chi connectivity index (χ2n) is 5.38.